The highest BCUT2D eigenvalue weighted by atomic mass is 16.5. The van der Waals surface area contributed by atoms with Gasteiger partial charge in [0.05, 0.1) is 0 Å². The number of nitrogens with zero attached hydrogens (tertiary/aromatic N) is 3. The molecule has 0 fully saturated rings. The third kappa shape index (κ3) is 4.56. The molecular formula is C22H24N4O3. The van der Waals surface area contributed by atoms with Crippen molar-refractivity contribution in [2.24, 2.45) is 0 Å². The lowest BCUT2D eigenvalue weighted by molar-refractivity contribution is -0.117. The van der Waals surface area contributed by atoms with Crippen LogP contribution in [0.25, 0.3) is 0 Å². The number of aromatic nitrogens is 3. The van der Waals surface area contributed by atoms with E-state index in [4.69, 9.17) is 4.74 Å². The molecule has 29 heavy (non-hydrogen) atoms. The van der Waals surface area contributed by atoms with Crippen molar-refractivity contribution in [3.05, 3.63) is 70.4 Å². The summed E-state index contributed by atoms with van der Waals surface area (Å²) in [5.74, 6) is 1.93. The van der Waals surface area contributed by atoms with E-state index < -0.39 is 0 Å². The van der Waals surface area contributed by atoms with Gasteiger partial charge in [0.15, 0.2) is 0 Å². The van der Waals surface area contributed by atoms with Crippen LogP contribution in [0, 0.1) is 6.92 Å². The summed E-state index contributed by atoms with van der Waals surface area (Å²) in [5, 5.41) is 7.15. The maximum Gasteiger partial charge on any atom is 0.346 e. The van der Waals surface area contributed by atoms with Gasteiger partial charge in [-0.1, -0.05) is 24.1 Å². The molecule has 0 saturated carbocycles. The molecule has 7 heteroatoms. The molecule has 2 heterocycles. The summed E-state index contributed by atoms with van der Waals surface area (Å²) in [4.78, 5) is 24.8. The first-order valence-electron chi connectivity index (χ1n) is 9.89. The largest absolute Gasteiger partial charge is 0.457 e. The van der Waals surface area contributed by atoms with E-state index in [1.807, 2.05) is 31.2 Å². The van der Waals surface area contributed by atoms with Crippen molar-refractivity contribution >= 4 is 11.6 Å². The van der Waals surface area contributed by atoms with Crippen molar-refractivity contribution < 1.29 is 9.53 Å². The first-order valence-corrected chi connectivity index (χ1v) is 9.89. The van der Waals surface area contributed by atoms with Crippen molar-refractivity contribution in [2.75, 3.05) is 5.32 Å². The minimum atomic E-state index is -0.285. The van der Waals surface area contributed by atoms with Crippen LogP contribution >= 0.6 is 0 Å². The normalized spacial score (nSPS) is 13.4. The Bertz CT molecular complexity index is 1050. The monoisotopic (exact) mass is 392 g/mol. The zero-order valence-electron chi connectivity index (χ0n) is 16.4. The first-order chi connectivity index (χ1) is 14.1. The Morgan fingerprint density at radius 1 is 1.03 bits per heavy atom. The summed E-state index contributed by atoms with van der Waals surface area (Å²) < 4.78 is 8.74. The molecule has 1 amide bonds. The fourth-order valence-electron chi connectivity index (χ4n) is 3.41. The van der Waals surface area contributed by atoms with E-state index in [1.54, 1.807) is 28.8 Å². The minimum Gasteiger partial charge on any atom is -0.457 e. The van der Waals surface area contributed by atoms with E-state index in [-0.39, 0.29) is 18.1 Å². The van der Waals surface area contributed by atoms with Crippen LogP contribution in [0.3, 0.4) is 0 Å². The van der Waals surface area contributed by atoms with Crippen LogP contribution in [-0.4, -0.2) is 20.3 Å². The molecule has 1 aromatic heterocycles. The molecule has 0 aliphatic carbocycles. The van der Waals surface area contributed by atoms with E-state index in [2.05, 4.69) is 10.4 Å². The van der Waals surface area contributed by atoms with Gasteiger partial charge < -0.3 is 10.1 Å². The smallest absolute Gasteiger partial charge is 0.346 e. The fraction of sp³-hybridized carbons (Fsp3) is 0.318. The average Bonchev–Trinajstić information content (AvgIpc) is 2.87. The van der Waals surface area contributed by atoms with E-state index in [9.17, 15) is 9.59 Å². The summed E-state index contributed by atoms with van der Waals surface area (Å²) in [6, 6.07) is 14.9. The van der Waals surface area contributed by atoms with E-state index in [0.29, 0.717) is 18.0 Å². The van der Waals surface area contributed by atoms with Gasteiger partial charge in [-0.3, -0.25) is 9.36 Å². The van der Waals surface area contributed by atoms with Gasteiger partial charge in [0.25, 0.3) is 0 Å². The van der Waals surface area contributed by atoms with Crippen LogP contribution in [0.1, 0.15) is 30.7 Å². The Morgan fingerprint density at radius 2 is 1.72 bits per heavy atom. The van der Waals surface area contributed by atoms with Gasteiger partial charge in [-0.05, 0) is 56.2 Å². The quantitative estimate of drug-likeness (QED) is 0.721. The summed E-state index contributed by atoms with van der Waals surface area (Å²) >= 11 is 0. The SMILES string of the molecule is Cc1ccc(Oc2ccc(NC(=O)Cn3nc4n(c3=O)CCCCC4)cc2)cc1. The van der Waals surface area contributed by atoms with Crippen LogP contribution in [0.4, 0.5) is 5.69 Å². The molecule has 1 aliphatic heterocycles. The number of ether oxygens (including phenoxy) is 1. The number of nitrogens with one attached hydrogen (secondary N) is 1. The van der Waals surface area contributed by atoms with E-state index in [1.165, 1.54) is 10.2 Å². The minimum absolute atomic E-state index is 0.0968. The number of carbonyl (C=O) groups excluding carboxylic acids is 1. The second kappa shape index (κ2) is 8.34. The predicted molar refractivity (Wildman–Crippen MR) is 110 cm³/mol. The fourth-order valence-corrected chi connectivity index (χ4v) is 3.41. The zero-order chi connectivity index (χ0) is 20.2. The molecule has 7 nitrogen and oxygen atoms in total. The number of benzene rings is 2. The van der Waals surface area contributed by atoms with Gasteiger partial charge in [-0.2, -0.15) is 5.10 Å². The number of fused-ring (bicyclic) bond motifs is 1. The van der Waals surface area contributed by atoms with Crippen molar-refractivity contribution in [3.63, 3.8) is 0 Å². The number of carbonyl (C=O) groups is 1. The third-order valence-electron chi connectivity index (χ3n) is 4.97. The van der Waals surface area contributed by atoms with Crippen molar-refractivity contribution in [2.45, 2.75) is 45.7 Å². The van der Waals surface area contributed by atoms with Crippen LogP contribution in [0.2, 0.25) is 0 Å². The van der Waals surface area contributed by atoms with E-state index >= 15 is 0 Å². The lowest BCUT2D eigenvalue weighted by Crippen LogP contribution is -2.30. The molecule has 4 rings (SSSR count). The number of amides is 1. The van der Waals surface area contributed by atoms with E-state index in [0.717, 1.165) is 37.3 Å². The van der Waals surface area contributed by atoms with Gasteiger partial charge in [0.1, 0.15) is 23.9 Å². The highest BCUT2D eigenvalue weighted by Crippen LogP contribution is 2.23. The Hall–Kier alpha value is -3.35. The van der Waals surface area contributed by atoms with Crippen LogP contribution in [0.5, 0.6) is 11.5 Å². The molecule has 1 aliphatic rings. The lowest BCUT2D eigenvalue weighted by Gasteiger charge is -2.08. The highest BCUT2D eigenvalue weighted by Gasteiger charge is 2.17. The van der Waals surface area contributed by atoms with Gasteiger partial charge in [0, 0.05) is 18.7 Å². The molecule has 1 N–H and O–H groups in total. The maximum absolute atomic E-state index is 12.5. The molecule has 0 radical (unpaired) electrons. The second-order valence-electron chi connectivity index (χ2n) is 7.31. The number of rotatable bonds is 5. The Morgan fingerprint density at radius 3 is 2.45 bits per heavy atom. The van der Waals surface area contributed by atoms with Gasteiger partial charge in [0.2, 0.25) is 5.91 Å². The molecule has 2 aromatic carbocycles. The summed E-state index contributed by atoms with van der Waals surface area (Å²) in [5.41, 5.74) is 1.60. The molecule has 0 spiro atoms. The lowest BCUT2D eigenvalue weighted by atomic mass is 10.2. The standard InChI is InChI=1S/C22H24N4O3/c1-16-6-10-18(11-7-16)29-19-12-8-17(9-13-19)23-21(27)15-26-22(28)25-14-4-2-3-5-20(25)24-26/h6-13H,2-5,14-15H2,1H3,(H,23,27). The van der Waals surface area contributed by atoms with Gasteiger partial charge in [-0.15, -0.1) is 0 Å². The molecule has 0 saturated heterocycles. The number of anilines is 1. The van der Waals surface area contributed by atoms with Gasteiger partial charge >= 0.3 is 5.69 Å². The molecular weight excluding hydrogens is 368 g/mol. The van der Waals surface area contributed by atoms with Crippen molar-refractivity contribution in [3.8, 4) is 11.5 Å². The maximum atomic E-state index is 12.5. The van der Waals surface area contributed by atoms with Gasteiger partial charge in [-0.25, -0.2) is 9.48 Å². The molecule has 0 unspecified atom stereocenters. The summed E-state index contributed by atoms with van der Waals surface area (Å²) in [6.45, 7) is 2.61. The predicted octanol–water partition coefficient (Wildman–Crippen LogP) is 3.51. The van der Waals surface area contributed by atoms with Crippen LogP contribution in [-0.2, 0) is 24.3 Å². The Balaban J connectivity index is 1.37. The molecule has 0 atom stereocenters. The molecule has 3 aromatic rings. The van der Waals surface area contributed by atoms with Crippen LogP contribution in [0.15, 0.2) is 53.3 Å². The average molecular weight is 392 g/mol. The molecule has 150 valence electrons. The van der Waals surface area contributed by atoms with Crippen molar-refractivity contribution in [1.82, 2.24) is 14.3 Å². The third-order valence-corrected chi connectivity index (χ3v) is 4.97. The second-order valence-corrected chi connectivity index (χ2v) is 7.31. The number of aryl methyl sites for hydroxylation is 2. The first kappa shape index (κ1) is 19.0. The zero-order valence-corrected chi connectivity index (χ0v) is 16.4. The van der Waals surface area contributed by atoms with Crippen molar-refractivity contribution in [1.29, 1.82) is 0 Å². The summed E-state index contributed by atoms with van der Waals surface area (Å²) in [7, 11) is 0. The number of hydrogen-bond donors (Lipinski definition) is 1. The Labute approximate surface area is 168 Å². The highest BCUT2D eigenvalue weighted by molar-refractivity contribution is 5.90. The Kier molecular flexibility index (Phi) is 5.46. The topological polar surface area (TPSA) is 78.2 Å². The van der Waals surface area contributed by atoms with Crippen LogP contribution < -0.4 is 15.7 Å². The molecule has 0 bridgehead atoms. The number of hydrogen-bond acceptors (Lipinski definition) is 4. The summed E-state index contributed by atoms with van der Waals surface area (Å²) in [6.07, 6.45) is 3.89.